The predicted molar refractivity (Wildman–Crippen MR) is 54.3 cm³/mol. The minimum absolute atomic E-state index is 0.238. The highest BCUT2D eigenvalue weighted by Gasteiger charge is 2.01. The molecule has 0 bridgehead atoms. The van der Waals surface area contributed by atoms with Crippen LogP contribution < -0.4 is 0 Å². The average Bonchev–Trinajstić information content (AvgIpc) is 2.27. The molecule has 0 aliphatic rings. The molecule has 3 heteroatoms. The van der Waals surface area contributed by atoms with Gasteiger partial charge in [0.1, 0.15) is 5.83 Å². The molecule has 1 aromatic heterocycles. The van der Waals surface area contributed by atoms with Gasteiger partial charge in [-0.25, -0.2) is 4.39 Å². The van der Waals surface area contributed by atoms with Gasteiger partial charge in [-0.15, -0.1) is 0 Å². The van der Waals surface area contributed by atoms with Crippen molar-refractivity contribution < 1.29 is 4.39 Å². The van der Waals surface area contributed by atoms with Gasteiger partial charge in [0.2, 0.25) is 0 Å². The highest BCUT2D eigenvalue weighted by molar-refractivity contribution is 5.78. The van der Waals surface area contributed by atoms with Crippen molar-refractivity contribution >= 4 is 16.9 Å². The molecule has 0 atom stereocenters. The van der Waals surface area contributed by atoms with Gasteiger partial charge in [0.15, 0.2) is 0 Å². The van der Waals surface area contributed by atoms with E-state index in [-0.39, 0.29) is 5.83 Å². The number of nitrogens with zero attached hydrogens (tertiary/aromatic N) is 2. The lowest BCUT2D eigenvalue weighted by atomic mass is 10.1. The molecule has 0 fully saturated rings. The van der Waals surface area contributed by atoms with Gasteiger partial charge in [-0.1, -0.05) is 6.08 Å². The smallest absolute Gasteiger partial charge is 0.126 e. The van der Waals surface area contributed by atoms with Crippen molar-refractivity contribution in [3.05, 3.63) is 42.2 Å². The van der Waals surface area contributed by atoms with Crippen molar-refractivity contribution in [1.82, 2.24) is 9.97 Å². The summed E-state index contributed by atoms with van der Waals surface area (Å²) < 4.78 is 13.2. The lowest BCUT2D eigenvalue weighted by molar-refractivity contribution is 0.758. The van der Waals surface area contributed by atoms with E-state index < -0.39 is 0 Å². The molecular weight excluding hydrogens is 179 g/mol. The number of aromatic nitrogens is 2. The van der Waals surface area contributed by atoms with E-state index in [1.165, 1.54) is 6.08 Å². The molecule has 2 rings (SSSR count). The van der Waals surface area contributed by atoms with Crippen molar-refractivity contribution in [3.8, 4) is 0 Å². The molecule has 0 saturated heterocycles. The summed E-state index contributed by atoms with van der Waals surface area (Å²) in [6, 6.07) is 5.16. The fourth-order valence-electron chi connectivity index (χ4n) is 1.28. The Morgan fingerprint density at radius 2 is 1.93 bits per heavy atom. The van der Waals surface area contributed by atoms with Crippen molar-refractivity contribution in [2.24, 2.45) is 0 Å². The molecular formula is C11H9FN2. The lowest BCUT2D eigenvalue weighted by Crippen LogP contribution is -1.84. The van der Waals surface area contributed by atoms with Crippen LogP contribution in [0.15, 0.2) is 36.7 Å². The number of fused-ring (bicyclic) bond motifs is 1. The van der Waals surface area contributed by atoms with E-state index in [2.05, 4.69) is 9.97 Å². The maximum absolute atomic E-state index is 13.2. The first-order chi connectivity index (χ1) is 6.81. The topological polar surface area (TPSA) is 25.8 Å². The monoisotopic (exact) mass is 188 g/mol. The number of benzene rings is 1. The summed E-state index contributed by atoms with van der Waals surface area (Å²) in [6.07, 6.45) is 4.64. The molecule has 0 aliphatic carbocycles. The molecule has 2 nitrogen and oxygen atoms in total. The van der Waals surface area contributed by atoms with Crippen LogP contribution in [0.2, 0.25) is 0 Å². The van der Waals surface area contributed by atoms with Gasteiger partial charge in [-0.2, -0.15) is 0 Å². The van der Waals surface area contributed by atoms with E-state index >= 15 is 0 Å². The highest BCUT2D eigenvalue weighted by atomic mass is 19.1. The Morgan fingerprint density at radius 3 is 2.64 bits per heavy atom. The van der Waals surface area contributed by atoms with Gasteiger partial charge in [-0.05, 0) is 25.1 Å². The Morgan fingerprint density at radius 1 is 1.21 bits per heavy atom. The zero-order chi connectivity index (χ0) is 9.97. The maximum Gasteiger partial charge on any atom is 0.126 e. The zero-order valence-corrected chi connectivity index (χ0v) is 7.74. The van der Waals surface area contributed by atoms with Crippen LogP contribution in [-0.2, 0) is 0 Å². The minimum atomic E-state index is -0.238. The second-order valence-corrected chi connectivity index (χ2v) is 2.90. The number of rotatable bonds is 1. The van der Waals surface area contributed by atoms with Crippen LogP contribution in [0.25, 0.3) is 16.9 Å². The third-order valence-electron chi connectivity index (χ3n) is 2.00. The van der Waals surface area contributed by atoms with Crippen LogP contribution in [0.1, 0.15) is 12.5 Å². The van der Waals surface area contributed by atoms with Crippen LogP contribution in [0, 0.1) is 0 Å². The molecule has 70 valence electrons. The summed E-state index contributed by atoms with van der Waals surface area (Å²) in [4.78, 5) is 8.21. The van der Waals surface area contributed by atoms with Crippen LogP contribution in [0.4, 0.5) is 4.39 Å². The molecule has 0 unspecified atom stereocenters. The fourth-order valence-corrected chi connectivity index (χ4v) is 1.28. The number of hydrogen-bond acceptors (Lipinski definition) is 2. The standard InChI is InChI=1S/C11H9FN2/c1-2-9(12)8-3-4-10-11(7-8)14-6-5-13-10/h2-7H,1H3. The molecule has 2 aromatic rings. The molecule has 1 aromatic carbocycles. The van der Waals surface area contributed by atoms with Gasteiger partial charge in [0.25, 0.3) is 0 Å². The van der Waals surface area contributed by atoms with E-state index in [1.54, 1.807) is 37.5 Å². The summed E-state index contributed by atoms with van der Waals surface area (Å²) >= 11 is 0. The highest BCUT2D eigenvalue weighted by Crippen LogP contribution is 2.19. The maximum atomic E-state index is 13.2. The van der Waals surface area contributed by atoms with E-state index in [9.17, 15) is 4.39 Å². The van der Waals surface area contributed by atoms with Gasteiger partial charge in [0.05, 0.1) is 11.0 Å². The molecule has 0 radical (unpaired) electrons. The largest absolute Gasteiger partial charge is 0.253 e. The summed E-state index contributed by atoms with van der Waals surface area (Å²) in [5.41, 5.74) is 2.03. The SMILES string of the molecule is CC=C(F)c1ccc2nccnc2c1. The molecule has 0 saturated carbocycles. The second kappa shape index (κ2) is 3.54. The van der Waals surface area contributed by atoms with Crippen LogP contribution >= 0.6 is 0 Å². The zero-order valence-electron chi connectivity index (χ0n) is 7.74. The van der Waals surface area contributed by atoms with Crippen molar-refractivity contribution in [2.75, 3.05) is 0 Å². The molecule has 0 N–H and O–H groups in total. The van der Waals surface area contributed by atoms with Gasteiger partial charge >= 0.3 is 0 Å². The Balaban J connectivity index is 2.62. The third-order valence-corrected chi connectivity index (χ3v) is 2.00. The van der Waals surface area contributed by atoms with E-state index in [0.29, 0.717) is 11.1 Å². The second-order valence-electron chi connectivity index (χ2n) is 2.90. The fraction of sp³-hybridized carbons (Fsp3) is 0.0909. The Kier molecular flexibility index (Phi) is 2.23. The summed E-state index contributed by atoms with van der Waals surface area (Å²) in [6.45, 7) is 1.66. The number of hydrogen-bond donors (Lipinski definition) is 0. The first-order valence-electron chi connectivity index (χ1n) is 4.34. The number of allylic oxidation sites excluding steroid dienone is 1. The predicted octanol–water partition coefficient (Wildman–Crippen LogP) is 2.96. The minimum Gasteiger partial charge on any atom is -0.253 e. The Bertz CT molecular complexity index is 491. The van der Waals surface area contributed by atoms with Crippen molar-refractivity contribution in [2.45, 2.75) is 6.92 Å². The number of halogens is 1. The Hall–Kier alpha value is -1.77. The van der Waals surface area contributed by atoms with E-state index in [0.717, 1.165) is 5.52 Å². The van der Waals surface area contributed by atoms with Crippen LogP contribution in [0.5, 0.6) is 0 Å². The average molecular weight is 188 g/mol. The first kappa shape index (κ1) is 8.81. The van der Waals surface area contributed by atoms with Crippen LogP contribution in [0.3, 0.4) is 0 Å². The van der Waals surface area contributed by atoms with Gasteiger partial charge in [0, 0.05) is 18.0 Å². The quantitative estimate of drug-likeness (QED) is 0.687. The molecule has 0 aliphatic heterocycles. The lowest BCUT2D eigenvalue weighted by Gasteiger charge is -1.99. The van der Waals surface area contributed by atoms with Crippen LogP contribution in [-0.4, -0.2) is 9.97 Å². The third kappa shape index (κ3) is 1.48. The molecule has 0 spiro atoms. The normalized spacial score (nSPS) is 12.0. The van der Waals surface area contributed by atoms with E-state index in [1.807, 2.05) is 0 Å². The summed E-state index contributed by atoms with van der Waals surface area (Å²) in [5.74, 6) is -0.238. The molecule has 1 heterocycles. The van der Waals surface area contributed by atoms with Crippen molar-refractivity contribution in [1.29, 1.82) is 0 Å². The van der Waals surface area contributed by atoms with E-state index in [4.69, 9.17) is 0 Å². The first-order valence-corrected chi connectivity index (χ1v) is 4.34. The van der Waals surface area contributed by atoms with Gasteiger partial charge in [-0.3, -0.25) is 9.97 Å². The Labute approximate surface area is 81.1 Å². The summed E-state index contributed by atoms with van der Waals surface area (Å²) in [5, 5.41) is 0. The molecule has 0 amide bonds. The summed E-state index contributed by atoms with van der Waals surface area (Å²) in [7, 11) is 0. The molecule has 14 heavy (non-hydrogen) atoms. The van der Waals surface area contributed by atoms with Crippen molar-refractivity contribution in [3.63, 3.8) is 0 Å². The van der Waals surface area contributed by atoms with Gasteiger partial charge < -0.3 is 0 Å².